The average molecular weight is 363 g/mol. The lowest BCUT2D eigenvalue weighted by Crippen LogP contribution is -2.35. The molecule has 7 heteroatoms. The predicted octanol–water partition coefficient (Wildman–Crippen LogP) is 3.46. The number of carbonyl (C=O) groups is 2. The van der Waals surface area contributed by atoms with Crippen molar-refractivity contribution < 1.29 is 27.8 Å². The standard InChI is InChI=1S/C19H19F2NO4/c1-12-7-9-14(10-8-12)11-22-17(23)13(2)25-18(24)15-5-3-4-6-16(15)26-19(20)21/h3-10,13,19H,11H2,1-2H3,(H,22,23)/t13-/m1/s1. The number of esters is 1. The SMILES string of the molecule is Cc1ccc(CNC(=O)[C@@H](C)OC(=O)c2ccccc2OC(F)F)cc1. The summed E-state index contributed by atoms with van der Waals surface area (Å²) in [5.74, 6) is -1.72. The van der Waals surface area contributed by atoms with Gasteiger partial charge in [0.1, 0.15) is 11.3 Å². The Morgan fingerprint density at radius 2 is 1.73 bits per heavy atom. The number of carbonyl (C=O) groups excluding carboxylic acids is 2. The fourth-order valence-electron chi connectivity index (χ4n) is 2.15. The summed E-state index contributed by atoms with van der Waals surface area (Å²) in [4.78, 5) is 24.2. The van der Waals surface area contributed by atoms with Crippen LogP contribution in [-0.4, -0.2) is 24.6 Å². The number of nitrogens with one attached hydrogen (secondary N) is 1. The van der Waals surface area contributed by atoms with Crippen molar-refractivity contribution in [3.05, 3.63) is 65.2 Å². The lowest BCUT2D eigenvalue weighted by molar-refractivity contribution is -0.129. The van der Waals surface area contributed by atoms with E-state index < -0.39 is 24.6 Å². The van der Waals surface area contributed by atoms with Crippen LogP contribution in [0.2, 0.25) is 0 Å². The first kappa shape index (κ1) is 19.4. The third-order valence-electron chi connectivity index (χ3n) is 3.56. The highest BCUT2D eigenvalue weighted by Crippen LogP contribution is 2.21. The highest BCUT2D eigenvalue weighted by Gasteiger charge is 2.22. The second-order valence-electron chi connectivity index (χ2n) is 5.63. The van der Waals surface area contributed by atoms with Gasteiger partial charge in [0.15, 0.2) is 6.10 Å². The van der Waals surface area contributed by atoms with Gasteiger partial charge in [-0.2, -0.15) is 8.78 Å². The van der Waals surface area contributed by atoms with Gasteiger partial charge in [0.2, 0.25) is 0 Å². The van der Waals surface area contributed by atoms with Crippen molar-refractivity contribution in [3.63, 3.8) is 0 Å². The lowest BCUT2D eigenvalue weighted by Gasteiger charge is -2.15. The van der Waals surface area contributed by atoms with Gasteiger partial charge in [-0.15, -0.1) is 0 Å². The molecule has 0 radical (unpaired) electrons. The van der Waals surface area contributed by atoms with Gasteiger partial charge in [0.05, 0.1) is 0 Å². The Hall–Kier alpha value is -2.96. The van der Waals surface area contributed by atoms with E-state index >= 15 is 0 Å². The molecule has 0 aliphatic carbocycles. The summed E-state index contributed by atoms with van der Waals surface area (Å²) >= 11 is 0. The fraction of sp³-hybridized carbons (Fsp3) is 0.263. The summed E-state index contributed by atoms with van der Waals surface area (Å²) in [7, 11) is 0. The number of rotatable bonds is 7. The van der Waals surface area contributed by atoms with Crippen LogP contribution in [0.5, 0.6) is 5.75 Å². The normalized spacial score (nSPS) is 11.7. The molecule has 0 saturated carbocycles. The molecule has 2 rings (SSSR count). The summed E-state index contributed by atoms with van der Waals surface area (Å²) in [6.07, 6.45) is -1.09. The van der Waals surface area contributed by atoms with Crippen LogP contribution in [0.3, 0.4) is 0 Å². The van der Waals surface area contributed by atoms with E-state index in [9.17, 15) is 18.4 Å². The van der Waals surface area contributed by atoms with Gasteiger partial charge in [0.25, 0.3) is 5.91 Å². The molecule has 0 aliphatic rings. The Bertz CT molecular complexity index is 762. The van der Waals surface area contributed by atoms with Crippen molar-refractivity contribution >= 4 is 11.9 Å². The van der Waals surface area contributed by atoms with Crippen LogP contribution in [0.15, 0.2) is 48.5 Å². The summed E-state index contributed by atoms with van der Waals surface area (Å²) < 4.78 is 34.1. The lowest BCUT2D eigenvalue weighted by atomic mass is 10.1. The smallest absolute Gasteiger partial charge is 0.387 e. The van der Waals surface area contributed by atoms with Crippen molar-refractivity contribution in [1.82, 2.24) is 5.32 Å². The number of para-hydroxylation sites is 1. The molecule has 0 aromatic heterocycles. The predicted molar refractivity (Wildman–Crippen MR) is 91.0 cm³/mol. The minimum absolute atomic E-state index is 0.175. The molecule has 0 unspecified atom stereocenters. The maximum atomic E-state index is 12.4. The summed E-state index contributed by atoms with van der Waals surface area (Å²) in [5.41, 5.74) is 1.83. The number of ether oxygens (including phenoxy) is 2. The summed E-state index contributed by atoms with van der Waals surface area (Å²) in [6, 6.07) is 13.1. The van der Waals surface area contributed by atoms with Crippen LogP contribution in [0.25, 0.3) is 0 Å². The van der Waals surface area contributed by atoms with E-state index in [1.807, 2.05) is 31.2 Å². The van der Waals surface area contributed by atoms with Gasteiger partial charge in [-0.05, 0) is 31.5 Å². The first-order valence-corrected chi connectivity index (χ1v) is 7.95. The Morgan fingerprint density at radius 1 is 1.08 bits per heavy atom. The molecule has 2 aromatic rings. The van der Waals surface area contributed by atoms with E-state index in [0.29, 0.717) is 0 Å². The first-order valence-electron chi connectivity index (χ1n) is 7.95. The van der Waals surface area contributed by atoms with Crippen LogP contribution >= 0.6 is 0 Å². The van der Waals surface area contributed by atoms with Crippen LogP contribution < -0.4 is 10.1 Å². The van der Waals surface area contributed by atoms with Crippen molar-refractivity contribution in [1.29, 1.82) is 0 Å². The number of alkyl halides is 2. The molecule has 5 nitrogen and oxygen atoms in total. The van der Waals surface area contributed by atoms with E-state index in [2.05, 4.69) is 10.1 Å². The minimum atomic E-state index is -3.07. The Balaban J connectivity index is 1.94. The maximum Gasteiger partial charge on any atom is 0.387 e. The molecule has 1 amide bonds. The Labute approximate surface area is 149 Å². The van der Waals surface area contributed by atoms with E-state index in [1.165, 1.54) is 31.2 Å². The molecule has 26 heavy (non-hydrogen) atoms. The van der Waals surface area contributed by atoms with Gasteiger partial charge >= 0.3 is 12.6 Å². The average Bonchev–Trinajstić information content (AvgIpc) is 2.60. The van der Waals surface area contributed by atoms with E-state index in [-0.39, 0.29) is 17.9 Å². The molecular formula is C19H19F2NO4. The zero-order chi connectivity index (χ0) is 19.1. The molecule has 0 spiro atoms. The second-order valence-corrected chi connectivity index (χ2v) is 5.63. The molecule has 0 fully saturated rings. The zero-order valence-electron chi connectivity index (χ0n) is 14.4. The highest BCUT2D eigenvalue weighted by atomic mass is 19.3. The molecule has 0 aliphatic heterocycles. The van der Waals surface area contributed by atoms with Crippen LogP contribution in [-0.2, 0) is 16.1 Å². The number of halogens is 2. The molecule has 0 heterocycles. The second kappa shape index (κ2) is 8.94. The van der Waals surface area contributed by atoms with Crippen molar-refractivity contribution in [3.8, 4) is 5.75 Å². The van der Waals surface area contributed by atoms with E-state index in [1.54, 1.807) is 0 Å². The Kier molecular flexibility index (Phi) is 6.66. The summed E-state index contributed by atoms with van der Waals surface area (Å²) in [5, 5.41) is 2.65. The van der Waals surface area contributed by atoms with Crippen LogP contribution in [0, 0.1) is 6.92 Å². The topological polar surface area (TPSA) is 64.6 Å². The largest absolute Gasteiger partial charge is 0.449 e. The van der Waals surface area contributed by atoms with Crippen molar-refractivity contribution in [2.75, 3.05) is 0 Å². The third kappa shape index (κ3) is 5.54. The van der Waals surface area contributed by atoms with Gasteiger partial charge in [-0.25, -0.2) is 4.79 Å². The first-order chi connectivity index (χ1) is 12.4. The van der Waals surface area contributed by atoms with Gasteiger partial charge in [0, 0.05) is 6.54 Å². The zero-order valence-corrected chi connectivity index (χ0v) is 14.4. The number of benzene rings is 2. The van der Waals surface area contributed by atoms with Gasteiger partial charge in [-0.1, -0.05) is 42.0 Å². The van der Waals surface area contributed by atoms with Gasteiger partial charge in [-0.3, -0.25) is 4.79 Å². The monoisotopic (exact) mass is 363 g/mol. The van der Waals surface area contributed by atoms with Gasteiger partial charge < -0.3 is 14.8 Å². The number of hydrogen-bond donors (Lipinski definition) is 1. The molecule has 138 valence electrons. The summed E-state index contributed by atoms with van der Waals surface area (Å²) in [6.45, 7) is 0.573. The molecule has 0 bridgehead atoms. The molecule has 0 saturated heterocycles. The number of aryl methyl sites for hydroxylation is 1. The maximum absolute atomic E-state index is 12.4. The molecule has 2 aromatic carbocycles. The van der Waals surface area contributed by atoms with Crippen molar-refractivity contribution in [2.24, 2.45) is 0 Å². The Morgan fingerprint density at radius 3 is 2.38 bits per heavy atom. The molecular weight excluding hydrogens is 344 g/mol. The highest BCUT2D eigenvalue weighted by molar-refractivity contribution is 5.94. The fourth-order valence-corrected chi connectivity index (χ4v) is 2.15. The third-order valence-corrected chi connectivity index (χ3v) is 3.56. The number of amides is 1. The van der Waals surface area contributed by atoms with Crippen LogP contribution in [0.1, 0.15) is 28.4 Å². The molecule has 1 atom stereocenters. The van der Waals surface area contributed by atoms with Crippen molar-refractivity contribution in [2.45, 2.75) is 33.1 Å². The molecule has 1 N–H and O–H groups in total. The quantitative estimate of drug-likeness (QED) is 0.765. The minimum Gasteiger partial charge on any atom is -0.449 e. The van der Waals surface area contributed by atoms with Crippen LogP contribution in [0.4, 0.5) is 8.78 Å². The number of hydrogen-bond acceptors (Lipinski definition) is 4. The van der Waals surface area contributed by atoms with E-state index in [4.69, 9.17) is 4.74 Å². The van der Waals surface area contributed by atoms with E-state index in [0.717, 1.165) is 11.1 Å².